The van der Waals surface area contributed by atoms with Crippen LogP contribution < -0.4 is 0 Å². The van der Waals surface area contributed by atoms with Gasteiger partial charge in [0, 0.05) is 19.2 Å². The van der Waals surface area contributed by atoms with Gasteiger partial charge in [0.05, 0.1) is 23.9 Å². The van der Waals surface area contributed by atoms with Crippen molar-refractivity contribution < 1.29 is 19.2 Å². The molecule has 2 aliphatic rings. The van der Waals surface area contributed by atoms with E-state index in [2.05, 4.69) is 5.16 Å². The Hall–Kier alpha value is -2.18. The van der Waals surface area contributed by atoms with Crippen LogP contribution in [0.25, 0.3) is 11.3 Å². The Kier molecular flexibility index (Phi) is 4.09. The minimum absolute atomic E-state index is 0.113. The van der Waals surface area contributed by atoms with Gasteiger partial charge in [-0.3, -0.25) is 4.79 Å². The zero-order valence-electron chi connectivity index (χ0n) is 14.2. The number of hydrogen-bond donors (Lipinski definition) is 1. The molecule has 1 amide bonds. The van der Waals surface area contributed by atoms with E-state index in [0.29, 0.717) is 24.3 Å². The van der Waals surface area contributed by atoms with Crippen LogP contribution in [-0.4, -0.2) is 52.5 Å². The summed E-state index contributed by atoms with van der Waals surface area (Å²) >= 11 is 0. The molecule has 2 aromatic rings. The highest BCUT2D eigenvalue weighted by molar-refractivity contribution is 5.99. The number of likely N-dealkylation sites (tertiary alicyclic amines) is 1. The Morgan fingerprint density at radius 1 is 1.36 bits per heavy atom. The fraction of sp³-hybridized carbons (Fsp3) is 0.474. The number of fused-ring (bicyclic) bond motifs is 1. The number of rotatable bonds is 3. The average Bonchev–Trinajstić information content (AvgIpc) is 3.27. The fourth-order valence-electron chi connectivity index (χ4n) is 4.26. The topological polar surface area (TPSA) is 75.8 Å². The molecule has 0 bridgehead atoms. The molecular formula is C19H22N2O4. The lowest BCUT2D eigenvalue weighted by atomic mass is 9.79. The minimum Gasteiger partial charge on any atom is -0.393 e. The zero-order chi connectivity index (χ0) is 17.4. The molecule has 1 aromatic carbocycles. The van der Waals surface area contributed by atoms with Gasteiger partial charge in [-0.05, 0) is 25.7 Å². The number of ether oxygens (including phenoxy) is 1. The summed E-state index contributed by atoms with van der Waals surface area (Å²) < 4.78 is 11.2. The number of benzene rings is 1. The van der Waals surface area contributed by atoms with Crippen LogP contribution >= 0.6 is 0 Å². The summed E-state index contributed by atoms with van der Waals surface area (Å²) in [5, 5.41) is 13.9. The summed E-state index contributed by atoms with van der Waals surface area (Å²) in [4.78, 5) is 15.0. The van der Waals surface area contributed by atoms with Gasteiger partial charge in [-0.2, -0.15) is 0 Å². The van der Waals surface area contributed by atoms with Crippen LogP contribution in [0.3, 0.4) is 0 Å². The zero-order valence-corrected chi connectivity index (χ0v) is 14.2. The highest BCUT2D eigenvalue weighted by Gasteiger charge is 2.52. The van der Waals surface area contributed by atoms with Crippen molar-refractivity contribution in [3.05, 3.63) is 42.1 Å². The Morgan fingerprint density at radius 2 is 2.16 bits per heavy atom. The monoisotopic (exact) mass is 342 g/mol. The van der Waals surface area contributed by atoms with Gasteiger partial charge in [-0.1, -0.05) is 35.5 Å². The molecule has 1 aromatic heterocycles. The van der Waals surface area contributed by atoms with Crippen LogP contribution in [0.5, 0.6) is 0 Å². The first-order valence-corrected chi connectivity index (χ1v) is 8.69. The first-order chi connectivity index (χ1) is 12.1. The van der Waals surface area contributed by atoms with E-state index in [9.17, 15) is 9.90 Å². The molecule has 132 valence electrons. The number of aliphatic hydroxyl groups is 1. The molecule has 0 spiro atoms. The molecule has 6 nitrogen and oxygen atoms in total. The number of aliphatic hydroxyl groups excluding tert-OH is 1. The van der Waals surface area contributed by atoms with E-state index >= 15 is 0 Å². The lowest BCUT2D eigenvalue weighted by Crippen LogP contribution is -2.52. The molecule has 1 saturated heterocycles. The van der Waals surface area contributed by atoms with E-state index in [1.165, 1.54) is 6.20 Å². The smallest absolute Gasteiger partial charge is 0.259 e. The maximum atomic E-state index is 13.2. The van der Waals surface area contributed by atoms with Gasteiger partial charge in [0.1, 0.15) is 5.56 Å². The Bertz CT molecular complexity index is 760. The van der Waals surface area contributed by atoms with E-state index in [1.54, 1.807) is 7.11 Å². The lowest BCUT2D eigenvalue weighted by molar-refractivity contribution is -0.0824. The maximum Gasteiger partial charge on any atom is 0.259 e. The molecule has 1 N–H and O–H groups in total. The van der Waals surface area contributed by atoms with E-state index < -0.39 is 6.10 Å². The van der Waals surface area contributed by atoms with Gasteiger partial charge >= 0.3 is 0 Å². The fourth-order valence-corrected chi connectivity index (χ4v) is 4.26. The second-order valence-corrected chi connectivity index (χ2v) is 6.90. The van der Waals surface area contributed by atoms with Crippen LogP contribution in [0.4, 0.5) is 0 Å². The van der Waals surface area contributed by atoms with Crippen LogP contribution in [0.1, 0.15) is 36.0 Å². The molecule has 2 fully saturated rings. The summed E-state index contributed by atoms with van der Waals surface area (Å²) in [5.74, 6) is 0.370. The van der Waals surface area contributed by atoms with Gasteiger partial charge in [0.25, 0.3) is 5.91 Å². The van der Waals surface area contributed by atoms with Crippen molar-refractivity contribution in [2.75, 3.05) is 13.7 Å². The van der Waals surface area contributed by atoms with Gasteiger partial charge in [0.15, 0.2) is 5.76 Å². The number of carbonyl (C=O) groups excluding carboxylic acids is 1. The van der Waals surface area contributed by atoms with E-state index in [4.69, 9.17) is 9.26 Å². The number of nitrogens with zero attached hydrogens (tertiary/aromatic N) is 2. The Morgan fingerprint density at radius 3 is 2.92 bits per heavy atom. The first-order valence-electron chi connectivity index (χ1n) is 8.69. The van der Waals surface area contributed by atoms with Crippen molar-refractivity contribution in [1.82, 2.24) is 10.1 Å². The summed E-state index contributed by atoms with van der Waals surface area (Å²) in [6.07, 6.45) is 3.92. The van der Waals surface area contributed by atoms with Crippen molar-refractivity contribution >= 4 is 5.91 Å². The van der Waals surface area contributed by atoms with E-state index in [1.807, 2.05) is 35.2 Å². The van der Waals surface area contributed by atoms with Crippen molar-refractivity contribution in [1.29, 1.82) is 0 Å². The summed E-state index contributed by atoms with van der Waals surface area (Å²) in [5.41, 5.74) is 0.932. The number of amides is 1. The third-order valence-corrected chi connectivity index (χ3v) is 5.66. The molecule has 1 aliphatic heterocycles. The van der Waals surface area contributed by atoms with Crippen molar-refractivity contribution in [3.63, 3.8) is 0 Å². The normalized spacial score (nSPS) is 28.8. The molecule has 0 radical (unpaired) electrons. The standard InChI is InChI=1S/C19H22N2O4/c1-24-19-8-7-14(22)11-16(19)21(10-9-19)18(23)15-12-20-25-17(15)13-5-3-2-4-6-13/h2-6,12,14,16,22H,7-11H2,1H3/t14-,16-,19+/m1/s1. The van der Waals surface area contributed by atoms with Crippen molar-refractivity contribution in [3.8, 4) is 11.3 Å². The Balaban J connectivity index is 1.65. The number of carbonyl (C=O) groups is 1. The van der Waals surface area contributed by atoms with E-state index in [-0.39, 0.29) is 17.6 Å². The largest absolute Gasteiger partial charge is 0.393 e. The summed E-state index contributed by atoms with van der Waals surface area (Å²) in [6, 6.07) is 9.38. The van der Waals surface area contributed by atoms with Crippen molar-refractivity contribution in [2.24, 2.45) is 0 Å². The van der Waals surface area contributed by atoms with Crippen molar-refractivity contribution in [2.45, 2.75) is 43.4 Å². The highest BCUT2D eigenvalue weighted by atomic mass is 16.5. The number of aromatic nitrogens is 1. The van der Waals surface area contributed by atoms with Crippen LogP contribution in [0.15, 0.2) is 41.1 Å². The van der Waals surface area contributed by atoms with Gasteiger partial charge in [0.2, 0.25) is 0 Å². The predicted molar refractivity (Wildman–Crippen MR) is 91.0 cm³/mol. The average molecular weight is 342 g/mol. The minimum atomic E-state index is -0.391. The first kappa shape index (κ1) is 16.3. The summed E-state index contributed by atoms with van der Waals surface area (Å²) in [7, 11) is 1.70. The molecule has 1 saturated carbocycles. The third kappa shape index (κ3) is 2.65. The highest BCUT2D eigenvalue weighted by Crippen LogP contribution is 2.43. The molecule has 6 heteroatoms. The molecular weight excluding hydrogens is 320 g/mol. The number of methoxy groups -OCH3 is 1. The quantitative estimate of drug-likeness (QED) is 0.927. The predicted octanol–water partition coefficient (Wildman–Crippen LogP) is 2.49. The molecule has 0 unspecified atom stereocenters. The van der Waals surface area contributed by atoms with Gasteiger partial charge in [-0.15, -0.1) is 0 Å². The Labute approximate surface area is 146 Å². The van der Waals surface area contributed by atoms with Gasteiger partial charge in [-0.25, -0.2) is 0 Å². The molecule has 25 heavy (non-hydrogen) atoms. The van der Waals surface area contributed by atoms with E-state index in [0.717, 1.165) is 24.8 Å². The molecule has 3 atom stereocenters. The lowest BCUT2D eigenvalue weighted by Gasteiger charge is -2.42. The second kappa shape index (κ2) is 6.28. The van der Waals surface area contributed by atoms with Crippen LogP contribution in [0.2, 0.25) is 0 Å². The SMILES string of the molecule is CO[C@]12CC[C@@H](O)C[C@H]1N(C(=O)c1cnoc1-c1ccccc1)CC2. The summed E-state index contributed by atoms with van der Waals surface area (Å²) in [6.45, 7) is 0.615. The van der Waals surface area contributed by atoms with Crippen LogP contribution in [0, 0.1) is 0 Å². The maximum absolute atomic E-state index is 13.2. The van der Waals surface area contributed by atoms with Crippen LogP contribution in [-0.2, 0) is 4.74 Å². The molecule has 2 heterocycles. The number of hydrogen-bond acceptors (Lipinski definition) is 5. The second-order valence-electron chi connectivity index (χ2n) is 6.90. The van der Waals surface area contributed by atoms with Gasteiger partial charge < -0.3 is 19.3 Å². The molecule has 4 rings (SSSR count). The third-order valence-electron chi connectivity index (χ3n) is 5.66. The molecule has 1 aliphatic carbocycles.